The Morgan fingerprint density at radius 3 is 2.45 bits per heavy atom. The summed E-state index contributed by atoms with van der Waals surface area (Å²) in [4.78, 5) is 5.83. The Kier molecular flexibility index (Phi) is 4.86. The van der Waals surface area contributed by atoms with Gasteiger partial charge in [0.2, 0.25) is 0 Å². The fraction of sp³-hybridized carbons (Fsp3) is 0.471. The Balaban J connectivity index is 1.71. The number of nitrogens with one attached hydrogen (secondary N) is 2. The van der Waals surface area contributed by atoms with Crippen LogP contribution in [0.2, 0.25) is 0 Å². The predicted octanol–water partition coefficient (Wildman–Crippen LogP) is 3.16. The van der Waals surface area contributed by atoms with E-state index in [0.29, 0.717) is 18.0 Å². The lowest BCUT2D eigenvalue weighted by atomic mass is 9.93. The van der Waals surface area contributed by atoms with Crippen LogP contribution in [-0.4, -0.2) is 27.9 Å². The SMILES string of the molecule is CSc1ccc(-c2nccn2CCC2C(C)NNC2C)cc1. The Morgan fingerprint density at radius 1 is 1.14 bits per heavy atom. The first-order valence-corrected chi connectivity index (χ1v) is 9.08. The first kappa shape index (κ1) is 15.6. The number of thioether (sulfide) groups is 1. The number of hydrogen-bond donors (Lipinski definition) is 2. The van der Waals surface area contributed by atoms with E-state index in [2.05, 4.69) is 71.0 Å². The molecule has 0 aliphatic carbocycles. The first-order valence-electron chi connectivity index (χ1n) is 7.85. The number of nitrogens with zero attached hydrogens (tertiary/aromatic N) is 2. The van der Waals surface area contributed by atoms with Gasteiger partial charge in [-0.1, -0.05) is 12.1 Å². The summed E-state index contributed by atoms with van der Waals surface area (Å²) in [5, 5.41) is 0. The van der Waals surface area contributed by atoms with Gasteiger partial charge in [0.05, 0.1) is 0 Å². The van der Waals surface area contributed by atoms with Crippen LogP contribution in [0, 0.1) is 5.92 Å². The number of rotatable bonds is 5. The molecule has 2 heterocycles. The fourth-order valence-corrected chi connectivity index (χ4v) is 3.60. The third kappa shape index (κ3) is 3.21. The van der Waals surface area contributed by atoms with Crippen molar-refractivity contribution in [3.63, 3.8) is 0 Å². The molecule has 5 heteroatoms. The van der Waals surface area contributed by atoms with Crippen molar-refractivity contribution in [2.75, 3.05) is 6.26 Å². The fourth-order valence-electron chi connectivity index (χ4n) is 3.19. The molecule has 2 aromatic rings. The molecule has 1 saturated heterocycles. The topological polar surface area (TPSA) is 41.9 Å². The lowest BCUT2D eigenvalue weighted by Crippen LogP contribution is -2.30. The van der Waals surface area contributed by atoms with Crippen molar-refractivity contribution < 1.29 is 0 Å². The smallest absolute Gasteiger partial charge is 0.139 e. The van der Waals surface area contributed by atoms with Gasteiger partial charge >= 0.3 is 0 Å². The van der Waals surface area contributed by atoms with E-state index in [-0.39, 0.29) is 0 Å². The minimum atomic E-state index is 0.517. The standard InChI is InChI=1S/C17H24N4S/c1-12-16(13(2)20-19-12)8-10-21-11-9-18-17(21)14-4-6-15(22-3)7-5-14/h4-7,9,11-13,16,19-20H,8,10H2,1-3H3. The molecule has 0 bridgehead atoms. The van der Waals surface area contributed by atoms with E-state index in [1.165, 1.54) is 10.5 Å². The zero-order valence-corrected chi connectivity index (χ0v) is 14.2. The summed E-state index contributed by atoms with van der Waals surface area (Å²) in [6.45, 7) is 5.50. The molecule has 0 saturated carbocycles. The van der Waals surface area contributed by atoms with Crippen molar-refractivity contribution in [1.29, 1.82) is 0 Å². The summed E-state index contributed by atoms with van der Waals surface area (Å²) in [5.41, 5.74) is 7.85. The van der Waals surface area contributed by atoms with Crippen LogP contribution in [0.25, 0.3) is 11.4 Å². The van der Waals surface area contributed by atoms with Gasteiger partial charge in [0, 0.05) is 41.5 Å². The van der Waals surface area contributed by atoms with Crippen LogP contribution in [0.3, 0.4) is 0 Å². The zero-order chi connectivity index (χ0) is 15.5. The summed E-state index contributed by atoms with van der Waals surface area (Å²) in [6.07, 6.45) is 7.23. The molecule has 2 atom stereocenters. The Bertz CT molecular complexity index is 597. The van der Waals surface area contributed by atoms with Crippen LogP contribution < -0.4 is 10.9 Å². The van der Waals surface area contributed by atoms with E-state index in [1.807, 2.05) is 6.20 Å². The van der Waals surface area contributed by atoms with Gasteiger partial charge in [-0.3, -0.25) is 10.9 Å². The average Bonchev–Trinajstić information content (AvgIpc) is 3.13. The minimum Gasteiger partial charge on any atom is -0.331 e. The van der Waals surface area contributed by atoms with Crippen molar-refractivity contribution in [3.05, 3.63) is 36.7 Å². The van der Waals surface area contributed by atoms with E-state index >= 15 is 0 Å². The molecule has 2 unspecified atom stereocenters. The summed E-state index contributed by atoms with van der Waals surface area (Å²) >= 11 is 1.77. The molecular weight excluding hydrogens is 292 g/mol. The molecule has 2 N–H and O–H groups in total. The molecular formula is C17H24N4S. The lowest BCUT2D eigenvalue weighted by Gasteiger charge is -2.18. The van der Waals surface area contributed by atoms with E-state index in [9.17, 15) is 0 Å². The molecule has 1 aliphatic heterocycles. The third-order valence-electron chi connectivity index (χ3n) is 4.59. The number of aryl methyl sites for hydroxylation is 1. The molecule has 1 aromatic carbocycles. The van der Waals surface area contributed by atoms with E-state index in [4.69, 9.17) is 0 Å². The third-order valence-corrected chi connectivity index (χ3v) is 5.33. The number of hydrogen-bond acceptors (Lipinski definition) is 4. The highest BCUT2D eigenvalue weighted by Crippen LogP contribution is 2.24. The van der Waals surface area contributed by atoms with Gasteiger partial charge in [0.15, 0.2) is 0 Å². The molecule has 1 aromatic heterocycles. The average molecular weight is 316 g/mol. The highest BCUT2D eigenvalue weighted by atomic mass is 32.2. The van der Waals surface area contributed by atoms with Crippen molar-refractivity contribution in [3.8, 4) is 11.4 Å². The second-order valence-corrected chi connectivity index (χ2v) is 6.87. The van der Waals surface area contributed by atoms with E-state index in [0.717, 1.165) is 18.8 Å². The van der Waals surface area contributed by atoms with Crippen molar-refractivity contribution >= 4 is 11.8 Å². The van der Waals surface area contributed by atoms with Gasteiger partial charge in [0.1, 0.15) is 5.82 Å². The van der Waals surface area contributed by atoms with Crippen molar-refractivity contribution in [2.24, 2.45) is 5.92 Å². The Labute approximate surface area is 136 Å². The number of imidazole rings is 1. The maximum absolute atomic E-state index is 4.55. The lowest BCUT2D eigenvalue weighted by molar-refractivity contribution is 0.388. The van der Waals surface area contributed by atoms with Gasteiger partial charge in [-0.15, -0.1) is 11.8 Å². The number of benzene rings is 1. The molecule has 22 heavy (non-hydrogen) atoms. The number of aromatic nitrogens is 2. The van der Waals surface area contributed by atoms with Crippen LogP contribution in [0.15, 0.2) is 41.6 Å². The second kappa shape index (κ2) is 6.86. The molecule has 0 radical (unpaired) electrons. The van der Waals surface area contributed by atoms with E-state index in [1.54, 1.807) is 11.8 Å². The normalized spacial score (nSPS) is 24.8. The van der Waals surface area contributed by atoms with Crippen LogP contribution in [-0.2, 0) is 6.54 Å². The molecule has 4 nitrogen and oxygen atoms in total. The van der Waals surface area contributed by atoms with Crippen LogP contribution in [0.1, 0.15) is 20.3 Å². The van der Waals surface area contributed by atoms with Crippen LogP contribution in [0.5, 0.6) is 0 Å². The predicted molar refractivity (Wildman–Crippen MR) is 92.7 cm³/mol. The van der Waals surface area contributed by atoms with Crippen LogP contribution in [0.4, 0.5) is 0 Å². The minimum absolute atomic E-state index is 0.517. The van der Waals surface area contributed by atoms with Crippen molar-refractivity contribution in [2.45, 2.75) is 43.8 Å². The second-order valence-electron chi connectivity index (χ2n) is 5.99. The summed E-state index contributed by atoms with van der Waals surface area (Å²) in [5.74, 6) is 1.71. The summed E-state index contributed by atoms with van der Waals surface area (Å²) < 4.78 is 2.27. The van der Waals surface area contributed by atoms with E-state index < -0.39 is 0 Å². The molecule has 3 rings (SSSR count). The molecule has 118 valence electrons. The van der Waals surface area contributed by atoms with Gasteiger partial charge in [-0.05, 0) is 44.6 Å². The van der Waals surface area contributed by atoms with Gasteiger partial charge in [-0.2, -0.15) is 0 Å². The molecule has 0 amide bonds. The van der Waals surface area contributed by atoms with Gasteiger partial charge in [-0.25, -0.2) is 4.98 Å². The molecule has 1 fully saturated rings. The monoisotopic (exact) mass is 316 g/mol. The molecule has 0 spiro atoms. The molecule has 1 aliphatic rings. The van der Waals surface area contributed by atoms with Gasteiger partial charge in [0.25, 0.3) is 0 Å². The highest BCUT2D eigenvalue weighted by molar-refractivity contribution is 7.98. The Morgan fingerprint density at radius 2 is 1.82 bits per heavy atom. The van der Waals surface area contributed by atoms with Gasteiger partial charge < -0.3 is 4.57 Å². The maximum Gasteiger partial charge on any atom is 0.139 e. The van der Waals surface area contributed by atoms with Crippen LogP contribution >= 0.6 is 11.8 Å². The zero-order valence-electron chi connectivity index (χ0n) is 13.4. The largest absolute Gasteiger partial charge is 0.331 e. The number of hydrazine groups is 1. The first-order chi connectivity index (χ1) is 10.7. The maximum atomic E-state index is 4.55. The quantitative estimate of drug-likeness (QED) is 0.832. The summed E-state index contributed by atoms with van der Waals surface area (Å²) in [7, 11) is 0. The Hall–Kier alpha value is -1.30. The highest BCUT2D eigenvalue weighted by Gasteiger charge is 2.29. The summed E-state index contributed by atoms with van der Waals surface area (Å²) in [6, 6.07) is 9.68. The van der Waals surface area contributed by atoms with Crippen molar-refractivity contribution in [1.82, 2.24) is 20.4 Å².